The average molecular weight is 273 g/mol. The SMILES string of the molecule is CC(CNC1CC1)S(=O)(=O)NCCc1ncn[nH]1. The van der Waals surface area contributed by atoms with Gasteiger partial charge in [0, 0.05) is 25.6 Å². The number of aromatic nitrogens is 3. The van der Waals surface area contributed by atoms with Crippen LogP contribution in [0, 0.1) is 0 Å². The number of nitrogens with zero attached hydrogens (tertiary/aromatic N) is 2. The molecule has 1 unspecified atom stereocenters. The van der Waals surface area contributed by atoms with Crippen LogP contribution in [0.4, 0.5) is 0 Å². The van der Waals surface area contributed by atoms with E-state index in [-0.39, 0.29) is 0 Å². The molecule has 18 heavy (non-hydrogen) atoms. The van der Waals surface area contributed by atoms with E-state index in [9.17, 15) is 8.42 Å². The molecule has 0 radical (unpaired) electrons. The summed E-state index contributed by atoms with van der Waals surface area (Å²) in [6.45, 7) is 2.56. The lowest BCUT2D eigenvalue weighted by atomic mass is 10.4. The van der Waals surface area contributed by atoms with Crippen LogP contribution in [0.15, 0.2) is 6.33 Å². The molecule has 0 aromatic carbocycles. The summed E-state index contributed by atoms with van der Waals surface area (Å²) in [7, 11) is -3.26. The molecule has 1 aromatic rings. The van der Waals surface area contributed by atoms with Gasteiger partial charge in [-0.15, -0.1) is 0 Å². The van der Waals surface area contributed by atoms with Crippen molar-refractivity contribution in [2.45, 2.75) is 37.5 Å². The van der Waals surface area contributed by atoms with E-state index in [4.69, 9.17) is 0 Å². The topological polar surface area (TPSA) is 99.8 Å². The molecular weight excluding hydrogens is 254 g/mol. The van der Waals surface area contributed by atoms with Gasteiger partial charge in [-0.05, 0) is 19.8 Å². The third kappa shape index (κ3) is 4.04. The van der Waals surface area contributed by atoms with Gasteiger partial charge in [0.1, 0.15) is 12.2 Å². The third-order valence-corrected chi connectivity index (χ3v) is 4.76. The molecule has 1 aliphatic rings. The van der Waals surface area contributed by atoms with Crippen LogP contribution in [0.1, 0.15) is 25.6 Å². The minimum atomic E-state index is -3.26. The standard InChI is InChI=1S/C10H19N5O2S/c1-8(6-11-9-2-3-9)18(16,17)14-5-4-10-12-7-13-15-10/h7-9,11,14H,2-6H2,1H3,(H,12,13,15). The molecule has 1 fully saturated rings. The molecule has 1 aromatic heterocycles. The maximum absolute atomic E-state index is 11.9. The van der Waals surface area contributed by atoms with Crippen molar-refractivity contribution in [2.24, 2.45) is 0 Å². The first-order valence-corrected chi connectivity index (χ1v) is 7.68. The van der Waals surface area contributed by atoms with E-state index in [1.54, 1.807) is 6.92 Å². The zero-order valence-corrected chi connectivity index (χ0v) is 11.2. The molecule has 0 bridgehead atoms. The molecule has 7 nitrogen and oxygen atoms in total. The Bertz CT molecular complexity index is 455. The van der Waals surface area contributed by atoms with Crippen molar-refractivity contribution in [3.05, 3.63) is 12.2 Å². The summed E-state index contributed by atoms with van der Waals surface area (Å²) in [6.07, 6.45) is 4.24. The van der Waals surface area contributed by atoms with Gasteiger partial charge in [-0.1, -0.05) is 0 Å². The van der Waals surface area contributed by atoms with Crippen LogP contribution in [0.25, 0.3) is 0 Å². The van der Waals surface area contributed by atoms with Crippen molar-refractivity contribution in [1.29, 1.82) is 0 Å². The van der Waals surface area contributed by atoms with E-state index >= 15 is 0 Å². The molecular formula is C10H19N5O2S. The van der Waals surface area contributed by atoms with Gasteiger partial charge in [-0.2, -0.15) is 5.10 Å². The minimum Gasteiger partial charge on any atom is -0.313 e. The largest absolute Gasteiger partial charge is 0.313 e. The van der Waals surface area contributed by atoms with Crippen molar-refractivity contribution in [3.8, 4) is 0 Å². The van der Waals surface area contributed by atoms with Gasteiger partial charge >= 0.3 is 0 Å². The van der Waals surface area contributed by atoms with Gasteiger partial charge in [-0.3, -0.25) is 5.10 Å². The van der Waals surface area contributed by atoms with Crippen LogP contribution in [-0.2, 0) is 16.4 Å². The molecule has 102 valence electrons. The Labute approximate surface area is 107 Å². The van der Waals surface area contributed by atoms with Gasteiger partial charge in [0.15, 0.2) is 0 Å². The fourth-order valence-corrected chi connectivity index (χ4v) is 2.52. The van der Waals surface area contributed by atoms with Gasteiger partial charge in [0.25, 0.3) is 0 Å². The van der Waals surface area contributed by atoms with E-state index in [1.807, 2.05) is 0 Å². The third-order valence-electron chi connectivity index (χ3n) is 2.93. The molecule has 1 saturated carbocycles. The number of rotatable bonds is 8. The monoisotopic (exact) mass is 273 g/mol. The molecule has 1 heterocycles. The molecule has 0 amide bonds. The average Bonchev–Trinajstić information content (AvgIpc) is 3.02. The van der Waals surface area contributed by atoms with Gasteiger partial charge in [-0.25, -0.2) is 18.1 Å². The maximum Gasteiger partial charge on any atom is 0.215 e. The Balaban J connectivity index is 1.71. The van der Waals surface area contributed by atoms with E-state index in [0.717, 1.165) is 12.8 Å². The molecule has 0 aliphatic heterocycles. The van der Waals surface area contributed by atoms with Crippen molar-refractivity contribution in [3.63, 3.8) is 0 Å². The zero-order chi connectivity index (χ0) is 13.0. The summed E-state index contributed by atoms with van der Waals surface area (Å²) in [5.74, 6) is 0.682. The fraction of sp³-hybridized carbons (Fsp3) is 0.800. The first kappa shape index (κ1) is 13.4. The number of sulfonamides is 1. The second-order valence-corrected chi connectivity index (χ2v) is 6.80. The summed E-state index contributed by atoms with van der Waals surface area (Å²) in [5.41, 5.74) is 0. The Kier molecular flexibility index (Phi) is 4.31. The predicted octanol–water partition coefficient (Wildman–Crippen LogP) is -0.593. The quantitative estimate of drug-likeness (QED) is 0.588. The molecule has 1 atom stereocenters. The Hall–Kier alpha value is -0.990. The molecule has 0 saturated heterocycles. The first-order chi connectivity index (χ1) is 8.58. The van der Waals surface area contributed by atoms with Crippen molar-refractivity contribution in [2.75, 3.05) is 13.1 Å². The van der Waals surface area contributed by atoms with E-state index in [0.29, 0.717) is 31.4 Å². The van der Waals surface area contributed by atoms with Crippen molar-refractivity contribution in [1.82, 2.24) is 25.2 Å². The van der Waals surface area contributed by atoms with Gasteiger partial charge in [0.05, 0.1) is 5.25 Å². The van der Waals surface area contributed by atoms with Crippen LogP contribution in [-0.4, -0.2) is 48.0 Å². The molecule has 8 heteroatoms. The van der Waals surface area contributed by atoms with Crippen LogP contribution >= 0.6 is 0 Å². The highest BCUT2D eigenvalue weighted by atomic mass is 32.2. The zero-order valence-electron chi connectivity index (χ0n) is 10.4. The maximum atomic E-state index is 11.9. The Morgan fingerprint density at radius 3 is 2.94 bits per heavy atom. The normalized spacial score (nSPS) is 17.8. The summed E-state index contributed by atoms with van der Waals surface area (Å²) in [6, 6.07) is 0.525. The van der Waals surface area contributed by atoms with Crippen LogP contribution in [0.5, 0.6) is 0 Å². The summed E-state index contributed by atoms with van der Waals surface area (Å²) in [4.78, 5) is 3.93. The summed E-state index contributed by atoms with van der Waals surface area (Å²) < 4.78 is 26.4. The van der Waals surface area contributed by atoms with Gasteiger partial charge in [0.2, 0.25) is 10.0 Å². The van der Waals surface area contributed by atoms with E-state index in [2.05, 4.69) is 25.2 Å². The number of H-pyrrole nitrogens is 1. The van der Waals surface area contributed by atoms with Crippen LogP contribution < -0.4 is 10.0 Å². The lowest BCUT2D eigenvalue weighted by Gasteiger charge is -2.14. The Morgan fingerprint density at radius 1 is 1.56 bits per heavy atom. The van der Waals surface area contributed by atoms with Crippen LogP contribution in [0.3, 0.4) is 0 Å². The van der Waals surface area contributed by atoms with E-state index < -0.39 is 15.3 Å². The molecule has 1 aliphatic carbocycles. The van der Waals surface area contributed by atoms with E-state index in [1.165, 1.54) is 6.33 Å². The number of hydrogen-bond acceptors (Lipinski definition) is 5. The highest BCUT2D eigenvalue weighted by molar-refractivity contribution is 7.90. The number of aromatic amines is 1. The van der Waals surface area contributed by atoms with Crippen molar-refractivity contribution < 1.29 is 8.42 Å². The Morgan fingerprint density at radius 2 is 2.33 bits per heavy atom. The van der Waals surface area contributed by atoms with Crippen molar-refractivity contribution >= 4 is 10.0 Å². The fourth-order valence-electron chi connectivity index (χ4n) is 1.54. The van der Waals surface area contributed by atoms with Crippen LogP contribution in [0.2, 0.25) is 0 Å². The second-order valence-electron chi connectivity index (χ2n) is 4.61. The lowest BCUT2D eigenvalue weighted by molar-refractivity contribution is 0.556. The molecule has 2 rings (SSSR count). The smallest absolute Gasteiger partial charge is 0.215 e. The molecule has 0 spiro atoms. The highest BCUT2D eigenvalue weighted by Gasteiger charge is 2.25. The minimum absolute atomic E-state index is 0.339. The first-order valence-electron chi connectivity index (χ1n) is 6.14. The second kappa shape index (κ2) is 5.77. The van der Waals surface area contributed by atoms with Gasteiger partial charge < -0.3 is 5.32 Å². The lowest BCUT2D eigenvalue weighted by Crippen LogP contribution is -2.40. The summed E-state index contributed by atoms with van der Waals surface area (Å²) >= 11 is 0. The number of hydrogen-bond donors (Lipinski definition) is 3. The predicted molar refractivity (Wildman–Crippen MR) is 67.5 cm³/mol. The highest BCUT2D eigenvalue weighted by Crippen LogP contribution is 2.18. The molecule has 3 N–H and O–H groups in total. The summed E-state index contributed by atoms with van der Waals surface area (Å²) in [5, 5.41) is 9.19. The number of nitrogens with one attached hydrogen (secondary N) is 3.